The summed E-state index contributed by atoms with van der Waals surface area (Å²) >= 11 is 9.54. The summed E-state index contributed by atoms with van der Waals surface area (Å²) in [5.41, 5.74) is 10.3. The highest BCUT2D eigenvalue weighted by atomic mass is 35.5. The van der Waals surface area contributed by atoms with Crippen LogP contribution in [0.4, 0.5) is 5.82 Å². The van der Waals surface area contributed by atoms with Gasteiger partial charge < -0.3 is 25.5 Å². The van der Waals surface area contributed by atoms with E-state index in [2.05, 4.69) is 49.7 Å². The minimum absolute atomic E-state index is 0.0543. The summed E-state index contributed by atoms with van der Waals surface area (Å²) < 4.78 is 3.70. The second-order valence-corrected chi connectivity index (χ2v) is 21.6. The molecule has 3 aliphatic rings. The number of nitrogens with one attached hydrogen (secondary N) is 2. The van der Waals surface area contributed by atoms with E-state index in [-0.39, 0.29) is 55.1 Å². The van der Waals surface area contributed by atoms with E-state index in [9.17, 15) is 19.5 Å². The number of nitrogens with zero attached hydrogens (tertiary/aromatic N) is 10. The Kier molecular flexibility index (Phi) is 13.2. The third-order valence-electron chi connectivity index (χ3n) is 13.8. The maximum absolute atomic E-state index is 14.4. The molecule has 3 N–H and O–H groups in total. The summed E-state index contributed by atoms with van der Waals surface area (Å²) in [5.74, 6) is 1.26. The number of carbonyl (C=O) groups is 3. The lowest BCUT2D eigenvalue weighted by atomic mass is 9.99. The molecule has 8 heterocycles. The molecule has 10 rings (SSSR count). The number of thiophene rings is 1. The molecule has 19 heteroatoms. The number of aliphatic imine (C=N–C) groups is 1. The predicted octanol–water partition coefficient (Wildman–Crippen LogP) is 7.92. The van der Waals surface area contributed by atoms with E-state index in [4.69, 9.17) is 21.6 Å². The number of likely N-dealkylation sites (tertiary alicyclic amines) is 1. The molecule has 366 valence electrons. The van der Waals surface area contributed by atoms with Crippen LogP contribution in [0.5, 0.6) is 0 Å². The number of fused-ring (bicyclic) bond motifs is 3. The number of anilines is 1. The largest absolute Gasteiger partial charge is 0.391 e. The van der Waals surface area contributed by atoms with E-state index >= 15 is 0 Å². The molecule has 2 fully saturated rings. The van der Waals surface area contributed by atoms with Crippen LogP contribution in [0.2, 0.25) is 5.02 Å². The number of pyridine rings is 1. The molecular formula is C52H55ClN12O4S2. The van der Waals surface area contributed by atoms with Crippen molar-refractivity contribution in [3.8, 4) is 26.6 Å². The number of β-amino-alcohol motifs (C(OH)–C–C–N with tert-alkyl or cyclic N) is 1. The number of aliphatic hydroxyl groups is 1. The van der Waals surface area contributed by atoms with Crippen molar-refractivity contribution in [2.75, 3.05) is 24.5 Å². The first kappa shape index (κ1) is 48.0. The van der Waals surface area contributed by atoms with Gasteiger partial charge in [0, 0.05) is 70.6 Å². The fourth-order valence-electron chi connectivity index (χ4n) is 9.81. The Morgan fingerprint density at radius 2 is 1.61 bits per heavy atom. The van der Waals surface area contributed by atoms with Gasteiger partial charge in [-0.1, -0.05) is 61.8 Å². The lowest BCUT2D eigenvalue weighted by Gasteiger charge is -2.40. The van der Waals surface area contributed by atoms with E-state index < -0.39 is 24.2 Å². The molecule has 0 saturated carbocycles. The summed E-state index contributed by atoms with van der Waals surface area (Å²) in [5, 5.41) is 32.3. The van der Waals surface area contributed by atoms with Gasteiger partial charge in [-0.15, -0.1) is 32.9 Å². The van der Waals surface area contributed by atoms with Crippen molar-refractivity contribution < 1.29 is 19.5 Å². The zero-order valence-electron chi connectivity index (χ0n) is 40.5. The van der Waals surface area contributed by atoms with Gasteiger partial charge in [0.15, 0.2) is 5.82 Å². The Bertz CT molecular complexity index is 3150. The molecular weight excluding hydrogens is 956 g/mol. The summed E-state index contributed by atoms with van der Waals surface area (Å²) in [4.78, 5) is 62.2. The monoisotopic (exact) mass is 1010 g/mol. The van der Waals surface area contributed by atoms with Crippen LogP contribution in [0, 0.1) is 33.6 Å². The van der Waals surface area contributed by atoms with Crippen molar-refractivity contribution in [1.29, 1.82) is 0 Å². The standard InChI is InChI=1S/C52H55ClN12O4S2/c1-27(2)47(51(69)63-25-40(66)18-42(63)50(68)57-29(4)33-8-10-35(11-9-33)48-30(5)55-26-70-48)64-22-37(21-56-64)36-14-17-43(54-20-36)62-23-39(24-62)58-44(67)19-41-49-61-60-32(7)65(49)52-45(28(3)31(6)71-52)46(59-41)34-12-15-38(53)16-13-34/h8-17,20-22,26-27,29,39-42,47,66H,18-19,23-25H2,1-7H3,(H,57,68)(H,58,67)/t29-,40+,41-,42-,47-/m0/s1. The number of carbonyl (C=O) groups excluding carboxylic acids is 3. The number of hydrogen-bond donors (Lipinski definition) is 3. The number of rotatable bonds is 13. The van der Waals surface area contributed by atoms with Crippen LogP contribution in [0.15, 0.2) is 89.8 Å². The molecule has 5 aromatic heterocycles. The van der Waals surface area contributed by atoms with E-state index in [1.165, 1.54) is 9.78 Å². The van der Waals surface area contributed by atoms with Crippen molar-refractivity contribution >= 4 is 63.5 Å². The van der Waals surface area contributed by atoms with Crippen molar-refractivity contribution in [3.05, 3.63) is 134 Å². The van der Waals surface area contributed by atoms with Gasteiger partial charge in [-0.05, 0) is 81.5 Å². The van der Waals surface area contributed by atoms with E-state index in [0.717, 1.165) is 71.9 Å². The average molecular weight is 1010 g/mol. The van der Waals surface area contributed by atoms with Gasteiger partial charge in [0.05, 0.1) is 52.6 Å². The van der Waals surface area contributed by atoms with Gasteiger partial charge in [0.1, 0.15) is 34.8 Å². The quantitative estimate of drug-likeness (QED) is 0.102. The molecule has 2 aromatic carbocycles. The Morgan fingerprint density at radius 1 is 0.873 bits per heavy atom. The van der Waals surface area contributed by atoms with Gasteiger partial charge >= 0.3 is 0 Å². The van der Waals surface area contributed by atoms with Crippen molar-refractivity contribution in [1.82, 2.24) is 50.0 Å². The summed E-state index contributed by atoms with van der Waals surface area (Å²) in [7, 11) is 0. The number of aromatic nitrogens is 7. The second-order valence-electron chi connectivity index (χ2n) is 19.1. The van der Waals surface area contributed by atoms with E-state index in [1.807, 2.05) is 112 Å². The lowest BCUT2D eigenvalue weighted by Crippen LogP contribution is -2.59. The van der Waals surface area contributed by atoms with Crippen LogP contribution in [0.25, 0.3) is 26.6 Å². The fraction of sp³-hybridized carbons (Fsp3) is 0.365. The first-order valence-corrected chi connectivity index (χ1v) is 25.9. The van der Waals surface area contributed by atoms with Crippen LogP contribution in [0.1, 0.15) is 96.2 Å². The molecule has 0 aliphatic carbocycles. The van der Waals surface area contributed by atoms with Crippen LogP contribution < -0.4 is 15.5 Å². The second kappa shape index (κ2) is 19.5. The zero-order valence-corrected chi connectivity index (χ0v) is 42.9. The highest BCUT2D eigenvalue weighted by molar-refractivity contribution is 7.15. The lowest BCUT2D eigenvalue weighted by molar-refractivity contribution is -0.142. The van der Waals surface area contributed by atoms with Crippen molar-refractivity contribution in [2.45, 2.75) is 97.6 Å². The van der Waals surface area contributed by atoms with Crippen LogP contribution in [-0.2, 0) is 14.4 Å². The fourth-order valence-corrected chi connectivity index (χ4v) is 12.0. The van der Waals surface area contributed by atoms with Gasteiger partial charge in [-0.3, -0.25) is 28.6 Å². The third kappa shape index (κ3) is 9.41. The van der Waals surface area contributed by atoms with Gasteiger partial charge in [-0.25, -0.2) is 9.97 Å². The van der Waals surface area contributed by atoms with Gasteiger partial charge in [0.2, 0.25) is 17.7 Å². The summed E-state index contributed by atoms with van der Waals surface area (Å²) in [6, 6.07) is 17.1. The number of hydrogen-bond acceptors (Lipinski definition) is 13. The summed E-state index contributed by atoms with van der Waals surface area (Å²) in [6.07, 6.45) is 4.74. The molecule has 71 heavy (non-hydrogen) atoms. The first-order valence-electron chi connectivity index (χ1n) is 23.8. The number of thiazole rings is 1. The Morgan fingerprint density at radius 3 is 2.30 bits per heavy atom. The molecule has 16 nitrogen and oxygen atoms in total. The van der Waals surface area contributed by atoms with Crippen LogP contribution in [-0.4, -0.2) is 106 Å². The maximum Gasteiger partial charge on any atom is 0.248 e. The Hall–Kier alpha value is -6.60. The molecule has 3 aliphatic heterocycles. The molecule has 0 unspecified atom stereocenters. The number of aryl methyl sites for hydroxylation is 3. The average Bonchev–Trinajstić information content (AvgIpc) is 4.18. The van der Waals surface area contributed by atoms with Gasteiger partial charge in [0.25, 0.3) is 0 Å². The Balaban J connectivity index is 0.764. The van der Waals surface area contributed by atoms with Gasteiger partial charge in [-0.2, -0.15) is 5.10 Å². The smallest absolute Gasteiger partial charge is 0.248 e. The topological polar surface area (TPSA) is 189 Å². The number of amides is 3. The van der Waals surface area contributed by atoms with E-state index in [1.54, 1.807) is 39.7 Å². The highest BCUT2D eigenvalue weighted by Crippen LogP contribution is 2.40. The first-order chi connectivity index (χ1) is 34.1. The SMILES string of the molecule is Cc1ncsc1-c1ccc([C@H](C)NC(=O)[C@@H]2C[C@@H](O)CN2C(=O)[C@H](C(C)C)n2cc(-c3ccc(N4CC(NC(=O)C[C@@H]5N=C(c6ccc(Cl)cc6)c6c(sc(C)c6C)-n6c(C)nnc65)C4)nc3)cn2)cc1. The van der Waals surface area contributed by atoms with Crippen LogP contribution >= 0.6 is 34.3 Å². The number of benzene rings is 2. The maximum atomic E-state index is 14.4. The normalized spacial score (nSPS) is 18.6. The number of halogens is 1. The van der Waals surface area contributed by atoms with Crippen molar-refractivity contribution in [3.63, 3.8) is 0 Å². The van der Waals surface area contributed by atoms with E-state index in [0.29, 0.717) is 23.9 Å². The molecule has 0 spiro atoms. The minimum atomic E-state index is -0.831. The molecule has 7 aromatic rings. The zero-order chi connectivity index (χ0) is 49.8. The number of aliphatic hydroxyl groups excluding tert-OH is 1. The Labute approximate surface area is 424 Å². The molecule has 2 saturated heterocycles. The summed E-state index contributed by atoms with van der Waals surface area (Å²) in [6.45, 7) is 15.2. The third-order valence-corrected chi connectivity index (χ3v) is 16.2. The minimum Gasteiger partial charge on any atom is -0.391 e. The molecule has 0 radical (unpaired) electrons. The van der Waals surface area contributed by atoms with Crippen molar-refractivity contribution in [2.24, 2.45) is 10.9 Å². The molecule has 3 amide bonds. The predicted molar refractivity (Wildman–Crippen MR) is 276 cm³/mol. The van der Waals surface area contributed by atoms with Crippen LogP contribution in [0.3, 0.4) is 0 Å². The highest BCUT2D eigenvalue weighted by Gasteiger charge is 2.43. The molecule has 0 bridgehead atoms. The molecule has 5 atom stereocenters.